The number of nitrogens with zero attached hydrogens (tertiary/aromatic N) is 3. The second-order valence-corrected chi connectivity index (χ2v) is 8.37. The Morgan fingerprint density at radius 3 is 2.72 bits per heavy atom. The van der Waals surface area contributed by atoms with Crippen LogP contribution >= 0.6 is 0 Å². The summed E-state index contributed by atoms with van der Waals surface area (Å²) in [5.41, 5.74) is 6.34. The third-order valence-corrected chi connectivity index (χ3v) is 6.37. The van der Waals surface area contributed by atoms with E-state index in [0.29, 0.717) is 26.2 Å². The minimum Gasteiger partial charge on any atom is -0.391 e. The van der Waals surface area contributed by atoms with Crippen LogP contribution in [0.5, 0.6) is 0 Å². The Morgan fingerprint density at radius 2 is 2.06 bits per heavy atom. The summed E-state index contributed by atoms with van der Waals surface area (Å²) in [6.07, 6.45) is 5.48. The van der Waals surface area contributed by atoms with Crippen LogP contribution in [-0.4, -0.2) is 48.0 Å². The number of carbonyl (C=O) groups is 1. The molecule has 4 rings (SSSR count). The van der Waals surface area contributed by atoms with Crippen LogP contribution in [-0.2, 0) is 24.1 Å². The first-order valence-corrected chi connectivity index (χ1v) is 11.2. The predicted molar refractivity (Wildman–Crippen MR) is 127 cm³/mol. The number of anilines is 1. The Kier molecular flexibility index (Phi) is 6.72. The summed E-state index contributed by atoms with van der Waals surface area (Å²) < 4.78 is 5.54. The number of ether oxygens (including phenoxy) is 1. The zero-order chi connectivity index (χ0) is 22.7. The van der Waals surface area contributed by atoms with Gasteiger partial charge in [-0.15, -0.1) is 0 Å². The molecular weight excluding hydrogens is 402 g/mol. The van der Waals surface area contributed by atoms with Crippen molar-refractivity contribution in [3.05, 3.63) is 76.5 Å². The number of hydrogen-bond acceptors (Lipinski definition) is 5. The lowest BCUT2D eigenvalue weighted by atomic mass is 9.93. The van der Waals surface area contributed by atoms with Gasteiger partial charge in [0.05, 0.1) is 24.4 Å². The first-order valence-electron chi connectivity index (χ1n) is 11.2. The highest BCUT2D eigenvalue weighted by atomic mass is 16.5. The molecule has 1 saturated heterocycles. The van der Waals surface area contributed by atoms with Crippen molar-refractivity contribution in [2.24, 2.45) is 5.10 Å². The fourth-order valence-electron chi connectivity index (χ4n) is 4.59. The standard InChI is InChI=1S/C26H31N3O3/c1-4-11-29(27-3)22-8-6-18(7-9-22)13-20-15-23-21(14-19(20)5-2)16-28(26(23)31)24-17-32-12-10-25(24)30/h4,6-9,11,14-15,24-25,30H,3,5,10,12-13,16-17H2,1-2H3/b11-4-/t24-,25-/m0/s1. The van der Waals surface area contributed by atoms with Gasteiger partial charge in [-0.05, 0) is 66.6 Å². The molecule has 2 aromatic carbocycles. The monoisotopic (exact) mass is 433 g/mol. The van der Waals surface area contributed by atoms with Crippen molar-refractivity contribution in [2.75, 3.05) is 18.2 Å². The minimum atomic E-state index is -0.530. The fourth-order valence-corrected chi connectivity index (χ4v) is 4.59. The first-order chi connectivity index (χ1) is 15.5. The van der Waals surface area contributed by atoms with Crippen LogP contribution in [0.4, 0.5) is 5.69 Å². The quantitative estimate of drug-likeness (QED) is 0.531. The summed E-state index contributed by atoms with van der Waals surface area (Å²) in [7, 11) is 0. The molecule has 1 fully saturated rings. The van der Waals surface area contributed by atoms with Gasteiger partial charge in [0.2, 0.25) is 0 Å². The van der Waals surface area contributed by atoms with E-state index in [1.165, 1.54) is 16.7 Å². The Labute approximate surface area is 189 Å². The third-order valence-electron chi connectivity index (χ3n) is 6.37. The molecule has 1 N–H and O–H groups in total. The summed E-state index contributed by atoms with van der Waals surface area (Å²) >= 11 is 0. The molecule has 2 aromatic rings. The van der Waals surface area contributed by atoms with E-state index < -0.39 is 6.10 Å². The van der Waals surface area contributed by atoms with Crippen LogP contribution in [0.25, 0.3) is 0 Å². The molecule has 0 radical (unpaired) electrons. The average molecular weight is 434 g/mol. The van der Waals surface area contributed by atoms with Gasteiger partial charge in [-0.25, -0.2) is 5.01 Å². The van der Waals surface area contributed by atoms with Crippen LogP contribution in [0.15, 0.2) is 53.8 Å². The summed E-state index contributed by atoms with van der Waals surface area (Å²) in [6, 6.07) is 12.2. The van der Waals surface area contributed by atoms with E-state index in [1.807, 2.05) is 31.3 Å². The fraction of sp³-hybridized carbons (Fsp3) is 0.385. The maximum Gasteiger partial charge on any atom is 0.254 e. The van der Waals surface area contributed by atoms with Crippen molar-refractivity contribution in [1.29, 1.82) is 0 Å². The van der Waals surface area contributed by atoms with Gasteiger partial charge < -0.3 is 14.7 Å². The third kappa shape index (κ3) is 4.33. The van der Waals surface area contributed by atoms with Gasteiger partial charge in [0, 0.05) is 31.6 Å². The van der Waals surface area contributed by atoms with Gasteiger partial charge in [-0.1, -0.05) is 31.2 Å². The van der Waals surface area contributed by atoms with Crippen molar-refractivity contribution in [3.63, 3.8) is 0 Å². The van der Waals surface area contributed by atoms with Crippen LogP contribution in [0.3, 0.4) is 0 Å². The van der Waals surface area contributed by atoms with Crippen LogP contribution in [0.2, 0.25) is 0 Å². The molecule has 2 aliphatic rings. The van der Waals surface area contributed by atoms with E-state index in [1.54, 1.807) is 9.91 Å². The Hall–Kier alpha value is -2.96. The number of allylic oxidation sites excluding steroid dienone is 1. The highest BCUT2D eigenvalue weighted by Crippen LogP contribution is 2.31. The number of hydrogen-bond donors (Lipinski definition) is 1. The molecule has 6 heteroatoms. The van der Waals surface area contributed by atoms with E-state index in [9.17, 15) is 9.90 Å². The zero-order valence-electron chi connectivity index (χ0n) is 18.8. The molecule has 1 amide bonds. The number of hydrazone groups is 1. The van der Waals surface area contributed by atoms with Gasteiger partial charge in [0.15, 0.2) is 0 Å². The van der Waals surface area contributed by atoms with Gasteiger partial charge in [-0.2, -0.15) is 5.10 Å². The zero-order valence-corrected chi connectivity index (χ0v) is 18.8. The molecule has 0 aromatic heterocycles. The average Bonchev–Trinajstić information content (AvgIpc) is 3.13. The molecule has 32 heavy (non-hydrogen) atoms. The highest BCUT2D eigenvalue weighted by molar-refractivity contribution is 5.99. The number of benzene rings is 2. The Balaban J connectivity index is 1.57. The number of aliphatic hydroxyl groups is 1. The summed E-state index contributed by atoms with van der Waals surface area (Å²) in [5.74, 6) is -0.00662. The van der Waals surface area contributed by atoms with Gasteiger partial charge in [0.1, 0.15) is 0 Å². The van der Waals surface area contributed by atoms with E-state index in [-0.39, 0.29) is 11.9 Å². The van der Waals surface area contributed by atoms with E-state index in [0.717, 1.165) is 29.7 Å². The molecule has 2 atom stereocenters. The normalized spacial score (nSPS) is 20.6. The molecule has 0 aliphatic carbocycles. The molecule has 168 valence electrons. The Bertz CT molecular complexity index is 1020. The molecule has 0 bridgehead atoms. The topological polar surface area (TPSA) is 65.4 Å². The second-order valence-electron chi connectivity index (χ2n) is 8.37. The maximum atomic E-state index is 13.2. The van der Waals surface area contributed by atoms with Gasteiger partial charge >= 0.3 is 0 Å². The molecule has 2 heterocycles. The number of fused-ring (bicyclic) bond motifs is 1. The Morgan fingerprint density at radius 1 is 1.28 bits per heavy atom. The number of aliphatic hydroxyl groups excluding tert-OH is 1. The van der Waals surface area contributed by atoms with Crippen molar-refractivity contribution >= 4 is 18.3 Å². The molecule has 6 nitrogen and oxygen atoms in total. The molecule has 0 unspecified atom stereocenters. The lowest BCUT2D eigenvalue weighted by molar-refractivity contribution is -0.0528. The number of carbonyl (C=O) groups excluding carboxylic acids is 1. The van der Waals surface area contributed by atoms with Crippen LogP contribution in [0.1, 0.15) is 52.9 Å². The first kappa shape index (κ1) is 22.2. The second kappa shape index (κ2) is 9.67. The van der Waals surface area contributed by atoms with E-state index in [4.69, 9.17) is 4.74 Å². The van der Waals surface area contributed by atoms with Crippen molar-refractivity contribution in [1.82, 2.24) is 4.90 Å². The maximum absolute atomic E-state index is 13.2. The SMILES string of the molecule is C=NN(/C=C\C)c1ccc(Cc2cc3c(cc2CC)CN([C@H]2COCC[C@@H]2O)C3=O)cc1. The molecule has 0 spiro atoms. The van der Waals surface area contributed by atoms with Crippen LogP contribution in [0, 0.1) is 0 Å². The lowest BCUT2D eigenvalue weighted by Gasteiger charge is -2.34. The van der Waals surface area contributed by atoms with Crippen molar-refractivity contribution < 1.29 is 14.6 Å². The molecule has 0 saturated carbocycles. The largest absolute Gasteiger partial charge is 0.391 e. The molecular formula is C26H31N3O3. The van der Waals surface area contributed by atoms with Crippen molar-refractivity contribution in [3.8, 4) is 0 Å². The number of rotatable bonds is 7. The summed E-state index contributed by atoms with van der Waals surface area (Å²) in [5, 5.41) is 16.1. The van der Waals surface area contributed by atoms with Gasteiger partial charge in [0.25, 0.3) is 5.91 Å². The number of amides is 1. The van der Waals surface area contributed by atoms with Crippen LogP contribution < -0.4 is 5.01 Å². The highest BCUT2D eigenvalue weighted by Gasteiger charge is 2.38. The predicted octanol–water partition coefficient (Wildman–Crippen LogP) is 3.90. The van der Waals surface area contributed by atoms with E-state index >= 15 is 0 Å². The smallest absolute Gasteiger partial charge is 0.254 e. The van der Waals surface area contributed by atoms with E-state index in [2.05, 4.69) is 43.0 Å². The lowest BCUT2D eigenvalue weighted by Crippen LogP contribution is -2.49. The summed E-state index contributed by atoms with van der Waals surface area (Å²) in [6.45, 7) is 9.18. The summed E-state index contributed by atoms with van der Waals surface area (Å²) in [4.78, 5) is 15.0. The van der Waals surface area contributed by atoms with Gasteiger partial charge in [-0.3, -0.25) is 4.79 Å². The minimum absolute atomic E-state index is 0.00662. The number of aryl methyl sites for hydroxylation is 1. The molecule has 2 aliphatic heterocycles. The van der Waals surface area contributed by atoms with Crippen molar-refractivity contribution in [2.45, 2.75) is 51.8 Å².